The number of aliphatic hydroxyl groups excluding tert-OH is 5. The van der Waals surface area contributed by atoms with Crippen LogP contribution in [-0.2, 0) is 19.8 Å². The Hall–Kier alpha value is -1.04. The van der Waals surface area contributed by atoms with Crippen LogP contribution in [0.3, 0.4) is 0 Å². The van der Waals surface area contributed by atoms with Crippen LogP contribution in [0, 0.1) is 0 Å². The highest BCUT2D eigenvalue weighted by Gasteiger charge is 2.47. The summed E-state index contributed by atoms with van der Waals surface area (Å²) in [6, 6.07) is 0. The van der Waals surface area contributed by atoms with Crippen LogP contribution in [0.5, 0.6) is 0 Å². The van der Waals surface area contributed by atoms with Gasteiger partial charge in [-0.2, -0.15) is 8.42 Å². The normalized spacial score (nSPS) is 35.0. The quantitative estimate of drug-likeness (QED) is 0.248. The van der Waals surface area contributed by atoms with Gasteiger partial charge in [0.05, 0.1) is 0 Å². The van der Waals surface area contributed by atoms with Crippen molar-refractivity contribution in [1.29, 1.82) is 0 Å². The molecule has 0 bridgehead atoms. The van der Waals surface area contributed by atoms with E-state index in [0.29, 0.717) is 0 Å². The molecule has 0 aromatic heterocycles. The predicted molar refractivity (Wildman–Crippen MR) is 50.5 cm³/mol. The molecule has 0 radical (unpaired) electrons. The molecule has 1 rings (SSSR count). The minimum atomic E-state index is -3.16. The number of aliphatic hydroxyl groups is 5. The summed E-state index contributed by atoms with van der Waals surface area (Å²) in [4.78, 5) is 11.0. The zero-order valence-corrected chi connectivity index (χ0v) is 8.98. The molecular formula is C7H10O9S. The summed E-state index contributed by atoms with van der Waals surface area (Å²) in [7, 11) is -3.16. The Labute approximate surface area is 96.0 Å². The van der Waals surface area contributed by atoms with E-state index in [-0.39, 0.29) is 0 Å². The van der Waals surface area contributed by atoms with Gasteiger partial charge in [0.2, 0.25) is 15.3 Å². The molecule has 1 aliphatic rings. The molecule has 10 heteroatoms. The Morgan fingerprint density at radius 2 is 1.76 bits per heavy atom. The van der Waals surface area contributed by atoms with Gasteiger partial charge in [0.1, 0.15) is 12.2 Å². The Morgan fingerprint density at radius 3 is 2.24 bits per heavy atom. The van der Waals surface area contributed by atoms with Gasteiger partial charge in [-0.25, -0.2) is 4.79 Å². The van der Waals surface area contributed by atoms with Crippen molar-refractivity contribution in [2.24, 2.45) is 0 Å². The van der Waals surface area contributed by atoms with Crippen molar-refractivity contribution in [2.75, 3.05) is 0 Å². The van der Waals surface area contributed by atoms with Gasteiger partial charge in [0.15, 0.2) is 18.3 Å². The van der Waals surface area contributed by atoms with Gasteiger partial charge in [-0.1, -0.05) is 0 Å². The molecule has 5 N–H and O–H groups in total. The monoisotopic (exact) mass is 270 g/mol. The second-order valence-corrected chi connectivity index (χ2v) is 4.23. The zero-order chi connectivity index (χ0) is 13.3. The van der Waals surface area contributed by atoms with E-state index < -0.39 is 51.8 Å². The smallest absolute Gasteiger partial charge is 0.338 e. The van der Waals surface area contributed by atoms with Crippen LogP contribution >= 0.6 is 0 Å². The Morgan fingerprint density at radius 1 is 1.24 bits per heavy atom. The zero-order valence-electron chi connectivity index (χ0n) is 8.16. The lowest BCUT2D eigenvalue weighted by atomic mass is 9.96. The van der Waals surface area contributed by atoms with E-state index in [4.69, 9.17) is 10.2 Å². The number of esters is 1. The third kappa shape index (κ3) is 2.62. The van der Waals surface area contributed by atoms with Crippen LogP contribution < -0.4 is 0 Å². The molecular weight excluding hydrogens is 260 g/mol. The SMILES string of the molecule is O=C1O[C@H]([C@H](O)C(O)=S(=O)=O)[C@H](O)[C@H](O)[C@@H]1O. The topological polar surface area (TPSA) is 162 Å². The maximum Gasteiger partial charge on any atom is 0.338 e. The predicted octanol–water partition coefficient (Wildman–Crippen LogP) is -4.08. The van der Waals surface area contributed by atoms with E-state index in [0.717, 1.165) is 0 Å². The molecule has 0 aromatic carbocycles. The van der Waals surface area contributed by atoms with Gasteiger partial charge in [-0.3, -0.25) is 0 Å². The van der Waals surface area contributed by atoms with Crippen molar-refractivity contribution in [3.8, 4) is 0 Å². The molecule has 0 amide bonds. The molecule has 0 aliphatic carbocycles. The summed E-state index contributed by atoms with van der Waals surface area (Å²) < 4.78 is 25.0. The van der Waals surface area contributed by atoms with E-state index in [9.17, 15) is 28.5 Å². The average Bonchev–Trinajstić information content (AvgIpc) is 2.29. The van der Waals surface area contributed by atoms with Crippen LogP contribution in [0.1, 0.15) is 0 Å². The van der Waals surface area contributed by atoms with Crippen molar-refractivity contribution in [3.05, 3.63) is 0 Å². The summed E-state index contributed by atoms with van der Waals surface area (Å²) in [6.07, 6.45) is -10.0. The first-order chi connectivity index (χ1) is 7.77. The number of cyclic esters (lactones) is 1. The molecule has 1 fully saturated rings. The molecule has 5 atom stereocenters. The fourth-order valence-electron chi connectivity index (χ4n) is 1.28. The summed E-state index contributed by atoms with van der Waals surface area (Å²) in [5, 5.41) is 44.3. The highest BCUT2D eigenvalue weighted by atomic mass is 32.2. The van der Waals surface area contributed by atoms with Crippen molar-refractivity contribution in [2.45, 2.75) is 30.5 Å². The molecule has 0 unspecified atom stereocenters. The number of hydrogen-bond donors (Lipinski definition) is 5. The first-order valence-corrected chi connectivity index (χ1v) is 5.42. The van der Waals surface area contributed by atoms with Gasteiger partial charge >= 0.3 is 5.97 Å². The summed E-state index contributed by atoms with van der Waals surface area (Å²) in [5.41, 5.74) is 0. The number of ether oxygens (including phenoxy) is 1. The molecule has 17 heavy (non-hydrogen) atoms. The minimum absolute atomic E-state index is 1.35. The van der Waals surface area contributed by atoms with Gasteiger partial charge in [-0.05, 0) is 0 Å². The fraction of sp³-hybridized carbons (Fsp3) is 0.714. The summed E-state index contributed by atoms with van der Waals surface area (Å²) in [5.74, 6) is -1.35. The van der Waals surface area contributed by atoms with Crippen molar-refractivity contribution >= 4 is 21.3 Å². The number of hydrogen-bond acceptors (Lipinski definition) is 8. The molecule has 0 saturated carbocycles. The van der Waals surface area contributed by atoms with Gasteiger partial charge in [0.25, 0.3) is 0 Å². The minimum Gasteiger partial charge on any atom is -0.454 e. The van der Waals surface area contributed by atoms with E-state index >= 15 is 0 Å². The van der Waals surface area contributed by atoms with Crippen molar-refractivity contribution < 1.29 is 43.5 Å². The molecule has 1 saturated heterocycles. The Balaban J connectivity index is 3.00. The second kappa shape index (κ2) is 5.08. The maximum atomic E-state index is 11.0. The van der Waals surface area contributed by atoms with E-state index in [1.165, 1.54) is 0 Å². The lowest BCUT2D eigenvalue weighted by Gasteiger charge is -2.35. The number of carbonyl (C=O) groups excluding carboxylic acids is 1. The van der Waals surface area contributed by atoms with Gasteiger partial charge < -0.3 is 30.3 Å². The number of rotatable bonds is 2. The van der Waals surface area contributed by atoms with Crippen LogP contribution in [0.25, 0.3) is 0 Å². The van der Waals surface area contributed by atoms with Gasteiger partial charge in [0, 0.05) is 0 Å². The molecule has 98 valence electrons. The second-order valence-electron chi connectivity index (χ2n) is 3.35. The highest BCUT2D eigenvalue weighted by Crippen LogP contribution is 2.19. The van der Waals surface area contributed by atoms with E-state index in [1.54, 1.807) is 0 Å². The van der Waals surface area contributed by atoms with E-state index in [2.05, 4.69) is 4.74 Å². The molecule has 0 spiro atoms. The molecule has 1 heterocycles. The van der Waals surface area contributed by atoms with Crippen LogP contribution in [0.15, 0.2) is 0 Å². The van der Waals surface area contributed by atoms with Crippen LogP contribution in [-0.4, -0.2) is 75.5 Å². The fourth-order valence-corrected chi connectivity index (χ4v) is 1.62. The lowest BCUT2D eigenvalue weighted by Crippen LogP contribution is -2.60. The standard InChI is InChI=1S/C7H10O9S/c8-1-2(9)5(16-6(12)3(1)10)4(11)7(13)17(14)15/h1-5,8-11,13H/t1-,2+,3-,4-,5-/m0/s1. The molecule has 9 nitrogen and oxygen atoms in total. The first-order valence-electron chi connectivity index (χ1n) is 4.35. The third-order valence-corrected chi connectivity index (χ3v) is 2.82. The summed E-state index contributed by atoms with van der Waals surface area (Å²) >= 11 is 0. The highest BCUT2D eigenvalue weighted by molar-refractivity contribution is 7.72. The lowest BCUT2D eigenvalue weighted by molar-refractivity contribution is -0.210. The Bertz CT molecular complexity index is 432. The first kappa shape index (κ1) is 14.0. The Kier molecular flexibility index (Phi) is 4.19. The van der Waals surface area contributed by atoms with Crippen molar-refractivity contribution in [3.63, 3.8) is 0 Å². The average molecular weight is 270 g/mol. The summed E-state index contributed by atoms with van der Waals surface area (Å²) in [6.45, 7) is 0. The van der Waals surface area contributed by atoms with Crippen LogP contribution in [0.2, 0.25) is 0 Å². The van der Waals surface area contributed by atoms with Crippen LogP contribution in [0.4, 0.5) is 0 Å². The maximum absolute atomic E-state index is 11.0. The number of carbonyl (C=O) groups is 1. The molecule has 1 aliphatic heterocycles. The van der Waals surface area contributed by atoms with Crippen molar-refractivity contribution in [1.82, 2.24) is 0 Å². The van der Waals surface area contributed by atoms with Gasteiger partial charge in [-0.15, -0.1) is 0 Å². The van der Waals surface area contributed by atoms with E-state index in [1.807, 2.05) is 0 Å². The largest absolute Gasteiger partial charge is 0.454 e. The third-order valence-electron chi connectivity index (χ3n) is 2.24. The molecule has 0 aromatic rings.